The molecular formula is C22H25N5. The normalized spacial score (nSPS) is 11.9. The minimum atomic E-state index is 0.178. The van der Waals surface area contributed by atoms with Gasteiger partial charge in [-0.15, -0.1) is 0 Å². The Morgan fingerprint density at radius 3 is 2.33 bits per heavy atom. The summed E-state index contributed by atoms with van der Waals surface area (Å²) in [7, 11) is 1.92. The molecule has 0 amide bonds. The van der Waals surface area contributed by atoms with E-state index in [1.54, 1.807) is 4.68 Å². The van der Waals surface area contributed by atoms with Gasteiger partial charge in [0.15, 0.2) is 0 Å². The lowest BCUT2D eigenvalue weighted by Crippen LogP contribution is -2.11. The summed E-state index contributed by atoms with van der Waals surface area (Å²) in [5.74, 6) is 0. The molecule has 1 aromatic carbocycles. The molecule has 0 aliphatic heterocycles. The highest BCUT2D eigenvalue weighted by atomic mass is 15.3. The van der Waals surface area contributed by atoms with Crippen LogP contribution in [0.4, 0.5) is 0 Å². The SMILES string of the molecule is Cn1cc(-c2cc(-c3cnn(Cc4ccc(C(C)(C)C)cc4)c3)c[nH]2)cn1. The van der Waals surface area contributed by atoms with Crippen LogP contribution in [0.25, 0.3) is 22.4 Å². The highest BCUT2D eigenvalue weighted by Gasteiger charge is 2.13. The van der Waals surface area contributed by atoms with E-state index in [2.05, 4.69) is 72.5 Å². The third-order valence-electron chi connectivity index (χ3n) is 4.83. The number of benzene rings is 1. The van der Waals surface area contributed by atoms with Crippen LogP contribution in [-0.2, 0) is 19.0 Å². The minimum absolute atomic E-state index is 0.178. The Hall–Kier alpha value is -3.08. The molecule has 0 radical (unpaired) electrons. The highest BCUT2D eigenvalue weighted by Crippen LogP contribution is 2.26. The van der Waals surface area contributed by atoms with Crippen molar-refractivity contribution in [3.05, 3.63) is 72.4 Å². The summed E-state index contributed by atoms with van der Waals surface area (Å²) in [5.41, 5.74) is 7.15. The summed E-state index contributed by atoms with van der Waals surface area (Å²) in [4.78, 5) is 3.32. The van der Waals surface area contributed by atoms with E-state index in [1.807, 2.05) is 36.5 Å². The first kappa shape index (κ1) is 17.3. The van der Waals surface area contributed by atoms with Gasteiger partial charge in [-0.05, 0) is 22.6 Å². The van der Waals surface area contributed by atoms with Gasteiger partial charge < -0.3 is 4.98 Å². The third-order valence-corrected chi connectivity index (χ3v) is 4.83. The van der Waals surface area contributed by atoms with Crippen molar-refractivity contribution in [2.45, 2.75) is 32.7 Å². The van der Waals surface area contributed by atoms with Gasteiger partial charge in [-0.3, -0.25) is 9.36 Å². The van der Waals surface area contributed by atoms with E-state index in [1.165, 1.54) is 11.1 Å². The van der Waals surface area contributed by atoms with Crippen molar-refractivity contribution in [3.63, 3.8) is 0 Å². The molecule has 138 valence electrons. The number of aromatic amines is 1. The molecule has 5 nitrogen and oxygen atoms in total. The van der Waals surface area contributed by atoms with Crippen LogP contribution < -0.4 is 0 Å². The number of nitrogens with zero attached hydrogens (tertiary/aromatic N) is 4. The fourth-order valence-electron chi connectivity index (χ4n) is 3.18. The van der Waals surface area contributed by atoms with Gasteiger partial charge in [-0.2, -0.15) is 10.2 Å². The molecule has 0 atom stereocenters. The van der Waals surface area contributed by atoms with Crippen LogP contribution >= 0.6 is 0 Å². The van der Waals surface area contributed by atoms with Crippen molar-refractivity contribution >= 4 is 0 Å². The third kappa shape index (κ3) is 3.72. The standard InChI is InChI=1S/C22H25N5/c1-22(2,3)20-7-5-16(6-8-20)13-27-15-18(11-25-27)17-9-21(23-10-17)19-12-24-26(4)14-19/h5-12,14-15,23H,13H2,1-4H3. The van der Waals surface area contributed by atoms with Crippen LogP contribution in [0.15, 0.2) is 61.3 Å². The summed E-state index contributed by atoms with van der Waals surface area (Å²) >= 11 is 0. The summed E-state index contributed by atoms with van der Waals surface area (Å²) in [6.07, 6.45) is 9.88. The summed E-state index contributed by atoms with van der Waals surface area (Å²) in [6, 6.07) is 11.0. The fourth-order valence-corrected chi connectivity index (χ4v) is 3.18. The maximum Gasteiger partial charge on any atom is 0.0659 e. The quantitative estimate of drug-likeness (QED) is 0.578. The van der Waals surface area contributed by atoms with Crippen molar-refractivity contribution in [1.29, 1.82) is 0 Å². The summed E-state index contributed by atoms with van der Waals surface area (Å²) < 4.78 is 3.79. The molecule has 0 aliphatic carbocycles. The summed E-state index contributed by atoms with van der Waals surface area (Å²) in [6.45, 7) is 7.47. The number of hydrogen-bond acceptors (Lipinski definition) is 2. The molecule has 1 N–H and O–H groups in total. The molecular weight excluding hydrogens is 334 g/mol. The Balaban J connectivity index is 1.50. The molecule has 4 aromatic rings. The van der Waals surface area contributed by atoms with E-state index >= 15 is 0 Å². The maximum atomic E-state index is 4.53. The van der Waals surface area contributed by atoms with Crippen LogP contribution in [0.1, 0.15) is 31.9 Å². The smallest absolute Gasteiger partial charge is 0.0659 e. The fraction of sp³-hybridized carbons (Fsp3) is 0.273. The van der Waals surface area contributed by atoms with Gasteiger partial charge >= 0.3 is 0 Å². The van der Waals surface area contributed by atoms with Crippen LogP contribution in [0.2, 0.25) is 0 Å². The van der Waals surface area contributed by atoms with Gasteiger partial charge in [0.05, 0.1) is 18.9 Å². The second-order valence-electron chi connectivity index (χ2n) is 8.08. The maximum absolute atomic E-state index is 4.53. The van der Waals surface area contributed by atoms with Crippen molar-refractivity contribution in [2.75, 3.05) is 0 Å². The number of hydrogen-bond donors (Lipinski definition) is 1. The second-order valence-corrected chi connectivity index (χ2v) is 8.08. The van der Waals surface area contributed by atoms with Crippen LogP contribution in [0.5, 0.6) is 0 Å². The Morgan fingerprint density at radius 1 is 0.926 bits per heavy atom. The molecule has 3 aromatic heterocycles. The van der Waals surface area contributed by atoms with Crippen LogP contribution in [0.3, 0.4) is 0 Å². The molecule has 0 fully saturated rings. The first-order valence-corrected chi connectivity index (χ1v) is 9.18. The zero-order valence-corrected chi connectivity index (χ0v) is 16.3. The molecule has 5 heteroatoms. The second kappa shape index (κ2) is 6.58. The zero-order valence-electron chi connectivity index (χ0n) is 16.3. The average molecular weight is 359 g/mol. The average Bonchev–Trinajstić information content (AvgIpc) is 3.34. The summed E-state index contributed by atoms with van der Waals surface area (Å²) in [5, 5.41) is 8.76. The topological polar surface area (TPSA) is 51.4 Å². The minimum Gasteiger partial charge on any atom is -0.360 e. The van der Waals surface area contributed by atoms with Gasteiger partial charge in [0.25, 0.3) is 0 Å². The molecule has 0 saturated carbocycles. The van der Waals surface area contributed by atoms with Crippen molar-refractivity contribution in [3.8, 4) is 22.4 Å². The zero-order chi connectivity index (χ0) is 19.0. The van der Waals surface area contributed by atoms with Crippen LogP contribution in [0, 0.1) is 0 Å². The number of nitrogens with one attached hydrogen (secondary N) is 1. The molecule has 4 rings (SSSR count). The number of aromatic nitrogens is 5. The monoisotopic (exact) mass is 359 g/mol. The predicted octanol–water partition coefficient (Wildman–Crippen LogP) is 4.62. The van der Waals surface area contributed by atoms with E-state index in [4.69, 9.17) is 0 Å². The van der Waals surface area contributed by atoms with Crippen molar-refractivity contribution in [2.24, 2.45) is 7.05 Å². The molecule has 0 bridgehead atoms. The molecule has 27 heavy (non-hydrogen) atoms. The van der Waals surface area contributed by atoms with Gasteiger partial charge in [0.1, 0.15) is 0 Å². The Morgan fingerprint density at radius 2 is 1.67 bits per heavy atom. The van der Waals surface area contributed by atoms with Gasteiger partial charge in [0, 0.05) is 48.0 Å². The molecule has 0 aliphatic rings. The van der Waals surface area contributed by atoms with Crippen LogP contribution in [-0.4, -0.2) is 24.5 Å². The Bertz CT molecular complexity index is 1040. The number of aryl methyl sites for hydroxylation is 1. The number of rotatable bonds is 4. The van der Waals surface area contributed by atoms with E-state index in [9.17, 15) is 0 Å². The lowest BCUT2D eigenvalue weighted by atomic mass is 9.87. The van der Waals surface area contributed by atoms with Crippen molar-refractivity contribution < 1.29 is 0 Å². The van der Waals surface area contributed by atoms with Gasteiger partial charge in [0.2, 0.25) is 0 Å². The number of H-pyrrole nitrogens is 1. The molecule has 0 spiro atoms. The lowest BCUT2D eigenvalue weighted by Gasteiger charge is -2.19. The highest BCUT2D eigenvalue weighted by molar-refractivity contribution is 5.70. The predicted molar refractivity (Wildman–Crippen MR) is 108 cm³/mol. The molecule has 3 heterocycles. The van der Waals surface area contributed by atoms with E-state index < -0.39 is 0 Å². The molecule has 0 saturated heterocycles. The van der Waals surface area contributed by atoms with Crippen molar-refractivity contribution in [1.82, 2.24) is 24.5 Å². The Labute approximate surface area is 159 Å². The first-order chi connectivity index (χ1) is 12.9. The van der Waals surface area contributed by atoms with Gasteiger partial charge in [-0.1, -0.05) is 45.0 Å². The van der Waals surface area contributed by atoms with E-state index in [0.717, 1.165) is 28.9 Å². The van der Waals surface area contributed by atoms with E-state index in [-0.39, 0.29) is 5.41 Å². The van der Waals surface area contributed by atoms with E-state index in [0.29, 0.717) is 0 Å². The Kier molecular flexibility index (Phi) is 4.22. The largest absolute Gasteiger partial charge is 0.360 e. The lowest BCUT2D eigenvalue weighted by molar-refractivity contribution is 0.589. The first-order valence-electron chi connectivity index (χ1n) is 9.18. The molecule has 0 unspecified atom stereocenters. The van der Waals surface area contributed by atoms with Gasteiger partial charge in [-0.25, -0.2) is 0 Å².